The van der Waals surface area contributed by atoms with Crippen LogP contribution in [-0.4, -0.2) is 36.6 Å². The van der Waals surface area contributed by atoms with E-state index in [0.717, 1.165) is 43.4 Å². The molecular weight excluding hydrogens is 330 g/mol. The highest BCUT2D eigenvalue weighted by Gasteiger charge is 2.36. The standard InChI is InChI=1S/C21H33NO4/c1-4-5-6-7-20(23)15(2)12-16-8-9-17-13-18(14-19(16)17)22-26-11-10-21(24)25-3/h8,12,17,19-20,23H,4-7,9-11,13-14H2,1-3H3/b15-12-,22-18-/t17-,19+,20?/m1/s1. The summed E-state index contributed by atoms with van der Waals surface area (Å²) >= 11 is 0. The Labute approximate surface area is 157 Å². The van der Waals surface area contributed by atoms with E-state index in [1.807, 2.05) is 6.92 Å². The Kier molecular flexibility index (Phi) is 8.36. The summed E-state index contributed by atoms with van der Waals surface area (Å²) in [6, 6.07) is 0. The van der Waals surface area contributed by atoms with E-state index >= 15 is 0 Å². The van der Waals surface area contributed by atoms with Gasteiger partial charge in [0.2, 0.25) is 0 Å². The number of hydrogen-bond acceptors (Lipinski definition) is 5. The van der Waals surface area contributed by atoms with Gasteiger partial charge in [0, 0.05) is 0 Å². The number of methoxy groups -OCH3 is 1. The Morgan fingerprint density at radius 3 is 2.96 bits per heavy atom. The van der Waals surface area contributed by atoms with Gasteiger partial charge in [-0.05, 0) is 55.6 Å². The van der Waals surface area contributed by atoms with Crippen LogP contribution in [0, 0.1) is 11.8 Å². The molecule has 5 nitrogen and oxygen atoms in total. The van der Waals surface area contributed by atoms with E-state index in [2.05, 4.69) is 29.0 Å². The molecule has 1 fully saturated rings. The van der Waals surface area contributed by atoms with Gasteiger partial charge in [-0.15, -0.1) is 0 Å². The van der Waals surface area contributed by atoms with Gasteiger partial charge in [-0.25, -0.2) is 0 Å². The van der Waals surface area contributed by atoms with Crippen LogP contribution < -0.4 is 0 Å². The van der Waals surface area contributed by atoms with Gasteiger partial charge in [0.05, 0.1) is 25.3 Å². The number of aliphatic hydroxyl groups is 1. The second-order valence-corrected chi connectivity index (χ2v) is 7.43. The normalized spacial score (nSPS) is 25.2. The van der Waals surface area contributed by atoms with Crippen LogP contribution in [0.4, 0.5) is 0 Å². The van der Waals surface area contributed by atoms with E-state index in [1.54, 1.807) is 0 Å². The minimum atomic E-state index is -0.335. The first kappa shape index (κ1) is 20.7. The monoisotopic (exact) mass is 363 g/mol. The first-order valence-electron chi connectivity index (χ1n) is 9.86. The maximum absolute atomic E-state index is 11.1. The topological polar surface area (TPSA) is 68.1 Å². The van der Waals surface area contributed by atoms with Crippen LogP contribution in [-0.2, 0) is 14.4 Å². The van der Waals surface area contributed by atoms with E-state index < -0.39 is 0 Å². The first-order valence-corrected chi connectivity index (χ1v) is 9.86. The predicted molar refractivity (Wildman–Crippen MR) is 103 cm³/mol. The first-order chi connectivity index (χ1) is 12.5. The average molecular weight is 363 g/mol. The van der Waals surface area contributed by atoms with Crippen molar-refractivity contribution in [2.45, 2.75) is 71.3 Å². The summed E-state index contributed by atoms with van der Waals surface area (Å²) < 4.78 is 4.58. The molecule has 0 radical (unpaired) electrons. The largest absolute Gasteiger partial charge is 0.469 e. The number of ether oxygens (including phenoxy) is 1. The summed E-state index contributed by atoms with van der Waals surface area (Å²) in [7, 11) is 1.37. The number of aliphatic hydroxyl groups excluding tert-OH is 1. The number of fused-ring (bicyclic) bond motifs is 1. The number of allylic oxidation sites excluding steroid dienone is 3. The fraction of sp³-hybridized carbons (Fsp3) is 0.714. The Hall–Kier alpha value is -1.62. The van der Waals surface area contributed by atoms with Crippen LogP contribution in [0.2, 0.25) is 0 Å². The molecule has 2 rings (SSSR count). The molecule has 0 heterocycles. The summed E-state index contributed by atoms with van der Waals surface area (Å²) in [6.45, 7) is 4.47. The second-order valence-electron chi connectivity index (χ2n) is 7.43. The van der Waals surface area contributed by atoms with E-state index in [1.165, 1.54) is 25.5 Å². The molecule has 2 aliphatic carbocycles. The van der Waals surface area contributed by atoms with Gasteiger partial charge in [-0.2, -0.15) is 0 Å². The lowest BCUT2D eigenvalue weighted by Crippen LogP contribution is -2.09. The van der Waals surface area contributed by atoms with Crippen molar-refractivity contribution in [3.63, 3.8) is 0 Å². The summed E-state index contributed by atoms with van der Waals surface area (Å²) in [5, 5.41) is 14.6. The minimum Gasteiger partial charge on any atom is -0.469 e. The lowest BCUT2D eigenvalue weighted by molar-refractivity contribution is -0.141. The number of nitrogens with zero attached hydrogens (tertiary/aromatic N) is 1. The molecule has 146 valence electrons. The summed E-state index contributed by atoms with van der Waals surface area (Å²) in [6.07, 6.45) is 11.6. The van der Waals surface area contributed by atoms with Crippen LogP contribution in [0.5, 0.6) is 0 Å². The number of carbonyl (C=O) groups excluding carboxylic acids is 1. The molecule has 0 spiro atoms. The smallest absolute Gasteiger partial charge is 0.309 e. The quantitative estimate of drug-likeness (QED) is 0.359. The zero-order valence-corrected chi connectivity index (χ0v) is 16.4. The third-order valence-corrected chi connectivity index (χ3v) is 5.43. The maximum atomic E-state index is 11.1. The molecule has 0 aromatic rings. The molecular formula is C21H33NO4. The molecule has 2 aliphatic rings. The fourth-order valence-electron chi connectivity index (χ4n) is 3.81. The Balaban J connectivity index is 1.83. The number of carbonyl (C=O) groups is 1. The minimum absolute atomic E-state index is 0.225. The van der Waals surface area contributed by atoms with Gasteiger partial charge in [0.25, 0.3) is 0 Å². The van der Waals surface area contributed by atoms with Crippen molar-refractivity contribution in [2.24, 2.45) is 17.0 Å². The van der Waals surface area contributed by atoms with Gasteiger partial charge in [-0.1, -0.05) is 43.5 Å². The molecule has 1 N–H and O–H groups in total. The molecule has 1 unspecified atom stereocenters. The summed E-state index contributed by atoms with van der Waals surface area (Å²) in [4.78, 5) is 16.3. The van der Waals surface area contributed by atoms with Gasteiger partial charge < -0.3 is 14.7 Å². The van der Waals surface area contributed by atoms with E-state index in [0.29, 0.717) is 11.8 Å². The molecule has 0 saturated heterocycles. The van der Waals surface area contributed by atoms with Crippen LogP contribution >= 0.6 is 0 Å². The van der Waals surface area contributed by atoms with Crippen molar-refractivity contribution in [2.75, 3.05) is 13.7 Å². The predicted octanol–water partition coefficient (Wildman–Crippen LogP) is 4.17. The Bertz CT molecular complexity index is 564. The maximum Gasteiger partial charge on any atom is 0.309 e. The van der Waals surface area contributed by atoms with Crippen molar-refractivity contribution >= 4 is 11.7 Å². The zero-order valence-electron chi connectivity index (χ0n) is 16.4. The van der Waals surface area contributed by atoms with E-state index in [-0.39, 0.29) is 25.1 Å². The molecule has 3 atom stereocenters. The van der Waals surface area contributed by atoms with Crippen molar-refractivity contribution in [3.05, 3.63) is 23.3 Å². The van der Waals surface area contributed by atoms with Crippen molar-refractivity contribution in [3.8, 4) is 0 Å². The molecule has 26 heavy (non-hydrogen) atoms. The lowest BCUT2D eigenvalue weighted by atomic mass is 9.92. The molecule has 0 aromatic carbocycles. The highest BCUT2D eigenvalue weighted by molar-refractivity contribution is 5.87. The third kappa shape index (κ3) is 5.97. The summed E-state index contributed by atoms with van der Waals surface area (Å²) in [5.41, 5.74) is 3.47. The van der Waals surface area contributed by atoms with Crippen LogP contribution in [0.3, 0.4) is 0 Å². The highest BCUT2D eigenvalue weighted by atomic mass is 16.6. The van der Waals surface area contributed by atoms with Gasteiger partial charge >= 0.3 is 5.97 Å². The molecule has 0 aromatic heterocycles. The van der Waals surface area contributed by atoms with E-state index in [4.69, 9.17) is 4.84 Å². The number of rotatable bonds is 10. The van der Waals surface area contributed by atoms with Crippen LogP contribution in [0.15, 0.2) is 28.5 Å². The van der Waals surface area contributed by atoms with Gasteiger partial charge in [-0.3, -0.25) is 4.79 Å². The van der Waals surface area contributed by atoms with Crippen molar-refractivity contribution in [1.82, 2.24) is 0 Å². The zero-order chi connectivity index (χ0) is 18.9. The van der Waals surface area contributed by atoms with Gasteiger partial charge in [0.15, 0.2) is 0 Å². The Morgan fingerprint density at radius 1 is 1.42 bits per heavy atom. The SMILES string of the molecule is CCCCCC(O)/C(C)=C\C1=CC[C@@H]2C/C(=N/OCCC(=O)OC)C[C@@H]12. The van der Waals surface area contributed by atoms with Crippen molar-refractivity contribution < 1.29 is 19.5 Å². The van der Waals surface area contributed by atoms with E-state index in [9.17, 15) is 9.90 Å². The fourth-order valence-corrected chi connectivity index (χ4v) is 3.81. The molecule has 0 amide bonds. The Morgan fingerprint density at radius 2 is 2.23 bits per heavy atom. The number of esters is 1. The van der Waals surface area contributed by atoms with Gasteiger partial charge in [0.1, 0.15) is 6.61 Å². The molecule has 0 aliphatic heterocycles. The number of unbranched alkanes of at least 4 members (excludes halogenated alkanes) is 2. The highest BCUT2D eigenvalue weighted by Crippen LogP contribution is 2.44. The molecule has 0 bridgehead atoms. The van der Waals surface area contributed by atoms with Crippen LogP contribution in [0.25, 0.3) is 0 Å². The van der Waals surface area contributed by atoms with Crippen molar-refractivity contribution in [1.29, 1.82) is 0 Å². The number of oxime groups is 1. The van der Waals surface area contributed by atoms with Crippen LogP contribution in [0.1, 0.15) is 65.2 Å². The third-order valence-electron chi connectivity index (χ3n) is 5.43. The summed E-state index contributed by atoms with van der Waals surface area (Å²) in [5.74, 6) is 0.793. The average Bonchev–Trinajstić information content (AvgIpc) is 3.20. The molecule has 5 heteroatoms. The lowest BCUT2D eigenvalue weighted by Gasteiger charge is -2.15. The molecule has 1 saturated carbocycles. The second kappa shape index (κ2) is 10.5. The number of hydrogen-bond donors (Lipinski definition) is 1.